The van der Waals surface area contributed by atoms with E-state index >= 15 is 0 Å². The number of allylic oxidation sites excluding steroid dienone is 6. The van der Waals surface area contributed by atoms with Crippen molar-refractivity contribution < 1.29 is 0 Å². The third kappa shape index (κ3) is 5.14. The summed E-state index contributed by atoms with van der Waals surface area (Å²) in [6.07, 6.45) is 14.7. The number of hydrogen-bond acceptors (Lipinski definition) is 2. The number of nitrogens with zero attached hydrogens (tertiary/aromatic N) is 1. The van der Waals surface area contributed by atoms with Gasteiger partial charge < -0.3 is 10.2 Å². The number of rotatable bonds is 5. The van der Waals surface area contributed by atoms with Crippen LogP contribution in [-0.2, 0) is 0 Å². The molecule has 2 aliphatic rings. The molecule has 0 spiro atoms. The predicted molar refractivity (Wildman–Crippen MR) is 124 cm³/mol. The Morgan fingerprint density at radius 1 is 1.14 bits per heavy atom. The first kappa shape index (κ1) is 20.4. The Balaban J connectivity index is 1.91. The van der Waals surface area contributed by atoms with Crippen molar-refractivity contribution in [3.05, 3.63) is 76.5 Å². The average Bonchev–Trinajstić information content (AvgIpc) is 2.68. The third-order valence-corrected chi connectivity index (χ3v) is 5.66. The summed E-state index contributed by atoms with van der Waals surface area (Å²) >= 11 is 0. The van der Waals surface area contributed by atoms with Gasteiger partial charge in [-0.05, 0) is 92.1 Å². The molecular formula is C26H34N2. The minimum atomic E-state index is 0.698. The fourth-order valence-corrected chi connectivity index (χ4v) is 4.22. The first-order valence-electron chi connectivity index (χ1n) is 10.4. The number of nitrogens with one attached hydrogen (secondary N) is 1. The minimum Gasteiger partial charge on any atom is -0.383 e. The van der Waals surface area contributed by atoms with E-state index in [1.165, 1.54) is 51.8 Å². The zero-order valence-electron chi connectivity index (χ0n) is 17.9. The van der Waals surface area contributed by atoms with Crippen molar-refractivity contribution in [2.24, 2.45) is 5.92 Å². The van der Waals surface area contributed by atoms with E-state index < -0.39 is 0 Å². The predicted octanol–water partition coefficient (Wildman–Crippen LogP) is 5.91. The van der Waals surface area contributed by atoms with Gasteiger partial charge in [0.25, 0.3) is 0 Å². The standard InChI is InChI=1S/C26H34N2/c1-6-22-17-25(26-14-19(2)13-21(16-26)18-28(4)5)8-7-24(22)15-20(3)23-9-11-27-12-10-23/h6-8,14-18,23,27H,1,9-13H2,2-5H3/b20-15+,21-18+. The van der Waals surface area contributed by atoms with Crippen molar-refractivity contribution in [3.8, 4) is 0 Å². The van der Waals surface area contributed by atoms with Gasteiger partial charge in [-0.15, -0.1) is 0 Å². The van der Waals surface area contributed by atoms with Crippen LogP contribution in [0.5, 0.6) is 0 Å². The van der Waals surface area contributed by atoms with Crippen LogP contribution >= 0.6 is 0 Å². The van der Waals surface area contributed by atoms with E-state index in [2.05, 4.69) is 87.4 Å². The van der Waals surface area contributed by atoms with E-state index in [4.69, 9.17) is 0 Å². The molecule has 1 aromatic rings. The molecule has 0 aromatic heterocycles. The van der Waals surface area contributed by atoms with E-state index in [0.717, 1.165) is 19.5 Å². The van der Waals surface area contributed by atoms with Gasteiger partial charge in [-0.2, -0.15) is 0 Å². The van der Waals surface area contributed by atoms with E-state index in [1.54, 1.807) is 0 Å². The summed E-state index contributed by atoms with van der Waals surface area (Å²) < 4.78 is 0. The van der Waals surface area contributed by atoms with Gasteiger partial charge in [0.05, 0.1) is 0 Å². The second-order valence-electron chi connectivity index (χ2n) is 8.40. The zero-order valence-corrected chi connectivity index (χ0v) is 17.9. The van der Waals surface area contributed by atoms with Crippen molar-refractivity contribution in [1.82, 2.24) is 10.2 Å². The second kappa shape index (κ2) is 9.25. The smallest absolute Gasteiger partial charge is 0.00557 e. The van der Waals surface area contributed by atoms with E-state index in [-0.39, 0.29) is 0 Å². The molecule has 1 fully saturated rings. The Kier molecular flexibility index (Phi) is 6.74. The molecule has 0 bridgehead atoms. The lowest BCUT2D eigenvalue weighted by Crippen LogP contribution is -2.28. The lowest BCUT2D eigenvalue weighted by Gasteiger charge is -2.23. The van der Waals surface area contributed by atoms with Crippen LogP contribution in [0.25, 0.3) is 17.7 Å². The van der Waals surface area contributed by atoms with Crippen molar-refractivity contribution in [2.45, 2.75) is 33.1 Å². The molecule has 0 atom stereocenters. The molecule has 0 saturated carbocycles. The highest BCUT2D eigenvalue weighted by Gasteiger charge is 2.15. The maximum absolute atomic E-state index is 4.07. The molecule has 0 amide bonds. The third-order valence-electron chi connectivity index (χ3n) is 5.66. The highest BCUT2D eigenvalue weighted by molar-refractivity contribution is 5.81. The van der Waals surface area contributed by atoms with Crippen molar-refractivity contribution in [1.29, 1.82) is 0 Å². The monoisotopic (exact) mass is 374 g/mol. The summed E-state index contributed by atoms with van der Waals surface area (Å²) in [7, 11) is 4.16. The van der Waals surface area contributed by atoms with Crippen LogP contribution in [0.15, 0.2) is 59.8 Å². The van der Waals surface area contributed by atoms with Crippen molar-refractivity contribution in [3.63, 3.8) is 0 Å². The maximum Gasteiger partial charge on any atom is 0.00557 e. The lowest BCUT2D eigenvalue weighted by molar-refractivity contribution is 0.421. The number of piperidine rings is 1. The molecular weight excluding hydrogens is 340 g/mol. The first-order valence-corrected chi connectivity index (χ1v) is 10.4. The minimum absolute atomic E-state index is 0.698. The number of benzene rings is 1. The molecule has 1 saturated heterocycles. The summed E-state index contributed by atoms with van der Waals surface area (Å²) in [5.41, 5.74) is 9.27. The number of hydrogen-bond donors (Lipinski definition) is 1. The summed E-state index contributed by atoms with van der Waals surface area (Å²) in [4.78, 5) is 2.12. The SMILES string of the molecule is C=Cc1cc(C2=C/C(=C/N(C)C)CC(C)=C2)ccc1/C=C(\C)C1CCNCC1. The lowest BCUT2D eigenvalue weighted by atomic mass is 9.88. The summed E-state index contributed by atoms with van der Waals surface area (Å²) in [6, 6.07) is 6.79. The molecule has 148 valence electrons. The van der Waals surface area contributed by atoms with Crippen molar-refractivity contribution in [2.75, 3.05) is 27.2 Å². The molecule has 1 aliphatic carbocycles. The molecule has 1 N–H and O–H groups in total. The molecule has 0 unspecified atom stereocenters. The van der Waals surface area contributed by atoms with Crippen LogP contribution in [0, 0.1) is 5.92 Å². The quantitative estimate of drug-likeness (QED) is 0.689. The fourth-order valence-electron chi connectivity index (χ4n) is 4.22. The summed E-state index contributed by atoms with van der Waals surface area (Å²) in [5.74, 6) is 0.698. The summed E-state index contributed by atoms with van der Waals surface area (Å²) in [6.45, 7) is 10.8. The maximum atomic E-state index is 4.07. The van der Waals surface area contributed by atoms with Gasteiger partial charge >= 0.3 is 0 Å². The van der Waals surface area contributed by atoms with Crippen molar-refractivity contribution >= 4 is 17.7 Å². The Bertz CT molecular complexity index is 843. The van der Waals surface area contributed by atoms with E-state index in [0.29, 0.717) is 5.92 Å². The van der Waals surface area contributed by atoms with E-state index in [1.807, 2.05) is 6.08 Å². The molecule has 28 heavy (non-hydrogen) atoms. The Morgan fingerprint density at radius 2 is 1.89 bits per heavy atom. The first-order chi connectivity index (χ1) is 13.5. The van der Waals surface area contributed by atoms with Gasteiger partial charge in [-0.3, -0.25) is 0 Å². The highest BCUT2D eigenvalue weighted by atomic mass is 15.0. The van der Waals surface area contributed by atoms with Gasteiger partial charge in [0.1, 0.15) is 0 Å². The van der Waals surface area contributed by atoms with Gasteiger partial charge in [0.2, 0.25) is 0 Å². The largest absolute Gasteiger partial charge is 0.383 e. The van der Waals surface area contributed by atoms with Gasteiger partial charge in [0.15, 0.2) is 0 Å². The van der Waals surface area contributed by atoms with Gasteiger partial charge in [-0.1, -0.05) is 48.1 Å². The highest BCUT2D eigenvalue weighted by Crippen LogP contribution is 2.31. The summed E-state index contributed by atoms with van der Waals surface area (Å²) in [5, 5.41) is 3.46. The van der Waals surface area contributed by atoms with Crippen LogP contribution in [0.4, 0.5) is 0 Å². The molecule has 2 nitrogen and oxygen atoms in total. The fraction of sp³-hybridized carbons (Fsp3) is 0.385. The molecule has 1 heterocycles. The Hall–Kier alpha value is -2.32. The molecule has 2 heteroatoms. The van der Waals surface area contributed by atoms with Gasteiger partial charge in [-0.25, -0.2) is 0 Å². The topological polar surface area (TPSA) is 15.3 Å². The molecule has 1 aromatic carbocycles. The van der Waals surface area contributed by atoms with Crippen LogP contribution in [0.2, 0.25) is 0 Å². The Morgan fingerprint density at radius 3 is 2.57 bits per heavy atom. The second-order valence-corrected chi connectivity index (χ2v) is 8.40. The Labute approximate surface area is 171 Å². The van der Waals surface area contributed by atoms with Crippen LogP contribution in [0.1, 0.15) is 49.8 Å². The molecule has 3 rings (SSSR count). The van der Waals surface area contributed by atoms with Crippen LogP contribution < -0.4 is 5.32 Å². The molecule has 1 aliphatic heterocycles. The average molecular weight is 375 g/mol. The van der Waals surface area contributed by atoms with E-state index in [9.17, 15) is 0 Å². The van der Waals surface area contributed by atoms with Crippen LogP contribution in [0.3, 0.4) is 0 Å². The molecule has 0 radical (unpaired) electrons. The van der Waals surface area contributed by atoms with Gasteiger partial charge in [0, 0.05) is 20.3 Å². The normalized spacial score (nSPS) is 20.0. The van der Waals surface area contributed by atoms with Crippen LogP contribution in [-0.4, -0.2) is 32.1 Å². The zero-order chi connectivity index (χ0) is 20.1.